The van der Waals surface area contributed by atoms with E-state index in [-0.39, 0.29) is 11.5 Å². The first kappa shape index (κ1) is 10.2. The Morgan fingerprint density at radius 2 is 2.38 bits per heavy atom. The van der Waals surface area contributed by atoms with Crippen LogP contribution in [0.3, 0.4) is 0 Å². The molecule has 1 heterocycles. The minimum absolute atomic E-state index is 0.154. The van der Waals surface area contributed by atoms with Crippen LogP contribution in [0.15, 0.2) is 10.6 Å². The summed E-state index contributed by atoms with van der Waals surface area (Å²) in [5.41, 5.74) is 0.351. The maximum absolute atomic E-state index is 10.9. The highest BCUT2D eigenvalue weighted by Gasteiger charge is 2.17. The van der Waals surface area contributed by atoms with Crippen molar-refractivity contribution in [1.29, 1.82) is 5.41 Å². The van der Waals surface area contributed by atoms with Crippen molar-refractivity contribution < 1.29 is 13.2 Å². The fourth-order valence-electron chi connectivity index (χ4n) is 0.999. The van der Waals surface area contributed by atoms with Crippen LogP contribution in [0.1, 0.15) is 0 Å². The molecule has 6 nitrogen and oxygen atoms in total. The zero-order valence-electron chi connectivity index (χ0n) is 6.91. The van der Waals surface area contributed by atoms with Gasteiger partial charge in [-0.3, -0.25) is 0 Å². The summed E-state index contributed by atoms with van der Waals surface area (Å²) in [5, 5.41) is 14.6. The molecular weight excluding hydrogens is 194 g/mol. The second kappa shape index (κ2) is 3.86. The summed E-state index contributed by atoms with van der Waals surface area (Å²) < 4.78 is 26.9. The molecule has 0 bridgehead atoms. The first-order valence-corrected chi connectivity index (χ1v) is 5.18. The van der Waals surface area contributed by atoms with Crippen LogP contribution in [0.5, 0.6) is 0 Å². The van der Waals surface area contributed by atoms with E-state index in [4.69, 9.17) is 15.3 Å². The zero-order chi connectivity index (χ0) is 9.90. The molecule has 0 atom stereocenters. The molecule has 7 heteroatoms. The first-order chi connectivity index (χ1) is 6.05. The third-order valence-electron chi connectivity index (χ3n) is 1.57. The molecule has 13 heavy (non-hydrogen) atoms. The Labute approximate surface area is 76.3 Å². The molecule has 0 aromatic carbocycles. The number of ether oxygens (including phenoxy) is 1. The molecule has 74 valence electrons. The standard InChI is InChI=1S/C6H11N3O3S/c7-3-6(13(8,10)11)5-4-12-2-1-9-5/h3,7,9H,1-2,4H2,(H2,8,10,11)/b6-5+,7-3?. The molecular formula is C6H11N3O3S. The van der Waals surface area contributed by atoms with Crippen LogP contribution in [0.4, 0.5) is 0 Å². The van der Waals surface area contributed by atoms with Crippen molar-refractivity contribution in [3.8, 4) is 0 Å². The molecule has 1 fully saturated rings. The van der Waals surface area contributed by atoms with E-state index < -0.39 is 10.0 Å². The largest absolute Gasteiger partial charge is 0.383 e. The summed E-state index contributed by atoms with van der Waals surface area (Å²) in [6, 6.07) is 0. The first-order valence-electron chi connectivity index (χ1n) is 3.63. The van der Waals surface area contributed by atoms with Gasteiger partial charge in [-0.1, -0.05) is 0 Å². The van der Waals surface area contributed by atoms with Crippen molar-refractivity contribution in [2.75, 3.05) is 19.8 Å². The van der Waals surface area contributed by atoms with Crippen molar-refractivity contribution in [1.82, 2.24) is 5.32 Å². The third kappa shape index (κ3) is 2.51. The highest BCUT2D eigenvalue weighted by molar-refractivity contribution is 7.94. The Morgan fingerprint density at radius 1 is 1.69 bits per heavy atom. The van der Waals surface area contributed by atoms with Crippen LogP contribution < -0.4 is 10.5 Å². The molecule has 0 aromatic heterocycles. The number of hydrogen-bond acceptors (Lipinski definition) is 5. The number of sulfonamides is 1. The zero-order valence-corrected chi connectivity index (χ0v) is 7.73. The Kier molecular flexibility index (Phi) is 3.02. The van der Waals surface area contributed by atoms with Gasteiger partial charge in [-0.05, 0) is 0 Å². The van der Waals surface area contributed by atoms with Crippen molar-refractivity contribution in [3.63, 3.8) is 0 Å². The molecule has 1 saturated heterocycles. The molecule has 1 aliphatic rings. The molecule has 0 radical (unpaired) electrons. The maximum atomic E-state index is 10.9. The highest BCUT2D eigenvalue weighted by Crippen LogP contribution is 2.07. The lowest BCUT2D eigenvalue weighted by Gasteiger charge is -2.18. The van der Waals surface area contributed by atoms with Crippen molar-refractivity contribution in [3.05, 3.63) is 10.6 Å². The Bertz CT molecular complexity index is 325. The van der Waals surface area contributed by atoms with Crippen LogP contribution >= 0.6 is 0 Å². The summed E-state index contributed by atoms with van der Waals surface area (Å²) in [6.45, 7) is 1.21. The number of primary sulfonamides is 1. The van der Waals surface area contributed by atoms with Crippen LogP contribution in [-0.4, -0.2) is 34.4 Å². The SMILES string of the molecule is N=C/C(=C1/COCCN1)S(N)(=O)=O. The smallest absolute Gasteiger partial charge is 0.241 e. The van der Waals surface area contributed by atoms with Gasteiger partial charge in [0.15, 0.2) is 0 Å². The molecule has 1 aliphatic heterocycles. The van der Waals surface area contributed by atoms with E-state index in [9.17, 15) is 8.42 Å². The van der Waals surface area contributed by atoms with Crippen molar-refractivity contribution >= 4 is 16.2 Å². The van der Waals surface area contributed by atoms with Gasteiger partial charge >= 0.3 is 0 Å². The quantitative estimate of drug-likeness (QED) is 0.490. The monoisotopic (exact) mass is 205 g/mol. The topological polar surface area (TPSA) is 105 Å². The predicted molar refractivity (Wildman–Crippen MR) is 47.7 cm³/mol. The maximum Gasteiger partial charge on any atom is 0.241 e. The van der Waals surface area contributed by atoms with Crippen LogP contribution in [0, 0.1) is 5.41 Å². The van der Waals surface area contributed by atoms with Gasteiger partial charge in [0.1, 0.15) is 4.91 Å². The van der Waals surface area contributed by atoms with Gasteiger partial charge in [0.25, 0.3) is 0 Å². The van der Waals surface area contributed by atoms with Gasteiger partial charge in [0.05, 0.1) is 18.9 Å². The van der Waals surface area contributed by atoms with Crippen LogP contribution in [0.25, 0.3) is 0 Å². The van der Waals surface area contributed by atoms with Gasteiger partial charge in [-0.2, -0.15) is 0 Å². The Hall–Kier alpha value is -0.920. The molecule has 1 rings (SSSR count). The van der Waals surface area contributed by atoms with Gasteiger partial charge < -0.3 is 15.5 Å². The van der Waals surface area contributed by atoms with Gasteiger partial charge in [-0.15, -0.1) is 0 Å². The Morgan fingerprint density at radius 3 is 2.77 bits per heavy atom. The van der Waals surface area contributed by atoms with Crippen molar-refractivity contribution in [2.45, 2.75) is 0 Å². The second-order valence-corrected chi connectivity index (χ2v) is 4.04. The molecule has 0 saturated carbocycles. The summed E-state index contributed by atoms with van der Waals surface area (Å²) in [5.74, 6) is 0. The fraction of sp³-hybridized carbons (Fsp3) is 0.500. The number of allylic oxidation sites excluding steroid dienone is 1. The molecule has 0 unspecified atom stereocenters. The molecule has 4 N–H and O–H groups in total. The molecule has 0 spiro atoms. The number of rotatable bonds is 2. The van der Waals surface area contributed by atoms with E-state index in [1.807, 2.05) is 0 Å². The number of hydrogen-bond donors (Lipinski definition) is 3. The predicted octanol–water partition coefficient (Wildman–Crippen LogP) is -1.24. The Balaban J connectivity index is 3.03. The van der Waals surface area contributed by atoms with E-state index in [1.165, 1.54) is 0 Å². The van der Waals surface area contributed by atoms with Gasteiger partial charge in [0, 0.05) is 12.8 Å². The van der Waals surface area contributed by atoms with E-state index in [0.29, 0.717) is 25.1 Å². The average molecular weight is 205 g/mol. The van der Waals surface area contributed by atoms with Crippen LogP contribution in [-0.2, 0) is 14.8 Å². The van der Waals surface area contributed by atoms with Gasteiger partial charge in [-0.25, -0.2) is 13.6 Å². The third-order valence-corrected chi connectivity index (χ3v) is 2.54. The van der Waals surface area contributed by atoms with E-state index in [0.717, 1.165) is 0 Å². The lowest BCUT2D eigenvalue weighted by atomic mass is 10.4. The van der Waals surface area contributed by atoms with Crippen LogP contribution in [0.2, 0.25) is 0 Å². The number of nitrogens with two attached hydrogens (primary N) is 1. The molecule has 0 amide bonds. The minimum atomic E-state index is -3.82. The summed E-state index contributed by atoms with van der Waals surface area (Å²) in [7, 11) is -3.82. The summed E-state index contributed by atoms with van der Waals surface area (Å²) in [6.07, 6.45) is 0.715. The van der Waals surface area contributed by atoms with Gasteiger partial charge in [0.2, 0.25) is 10.0 Å². The summed E-state index contributed by atoms with van der Waals surface area (Å²) in [4.78, 5) is -0.216. The van der Waals surface area contributed by atoms with E-state index in [1.54, 1.807) is 0 Å². The van der Waals surface area contributed by atoms with E-state index in [2.05, 4.69) is 5.32 Å². The molecule has 0 aromatic rings. The fourth-order valence-corrected chi connectivity index (χ4v) is 1.64. The van der Waals surface area contributed by atoms with Crippen molar-refractivity contribution in [2.24, 2.45) is 5.14 Å². The lowest BCUT2D eigenvalue weighted by Crippen LogP contribution is -2.32. The highest BCUT2D eigenvalue weighted by atomic mass is 32.2. The molecule has 0 aliphatic carbocycles. The normalized spacial score (nSPS) is 21.9. The lowest BCUT2D eigenvalue weighted by molar-refractivity contribution is 0.132. The minimum Gasteiger partial charge on any atom is -0.383 e. The number of nitrogens with one attached hydrogen (secondary N) is 2. The average Bonchev–Trinajstić information content (AvgIpc) is 2.05. The van der Waals surface area contributed by atoms with E-state index >= 15 is 0 Å². The summed E-state index contributed by atoms with van der Waals surface area (Å²) >= 11 is 0. The second-order valence-electron chi connectivity index (χ2n) is 2.51. The number of morpholine rings is 1.